The minimum atomic E-state index is -1.54. The lowest BCUT2D eigenvalue weighted by atomic mass is 9.81. The van der Waals surface area contributed by atoms with Crippen LogP contribution in [0, 0.1) is 17.5 Å². The third kappa shape index (κ3) is 5.45. The molecule has 3 atom stereocenters. The number of halogens is 3. The number of methoxy groups -OCH3 is 1. The zero-order chi connectivity index (χ0) is 28.6. The summed E-state index contributed by atoms with van der Waals surface area (Å²) in [6, 6.07) is 5.40. The first kappa shape index (κ1) is 27.8. The number of hydrogen-bond donors (Lipinski definition) is 2. The molecule has 2 aromatic rings. The highest BCUT2D eigenvalue weighted by Crippen LogP contribution is 2.40. The van der Waals surface area contributed by atoms with Gasteiger partial charge in [-0.2, -0.15) is 0 Å². The number of carbonyl (C=O) groups is 3. The van der Waals surface area contributed by atoms with Crippen molar-refractivity contribution in [3.05, 3.63) is 65.0 Å². The lowest BCUT2D eigenvalue weighted by molar-refractivity contribution is -0.125. The summed E-state index contributed by atoms with van der Waals surface area (Å²) < 4.78 is 51.5. The summed E-state index contributed by atoms with van der Waals surface area (Å²) >= 11 is 0. The zero-order valence-corrected chi connectivity index (χ0v) is 21.9. The van der Waals surface area contributed by atoms with Gasteiger partial charge in [0.25, 0.3) is 5.91 Å². The lowest BCUT2D eigenvalue weighted by Crippen LogP contribution is -2.48. The number of urea groups is 1. The zero-order valence-electron chi connectivity index (χ0n) is 21.9. The Bertz CT molecular complexity index is 1300. The Morgan fingerprint density at radius 1 is 1.02 bits per heavy atom. The highest BCUT2D eigenvalue weighted by molar-refractivity contribution is 5.97. The van der Waals surface area contributed by atoms with E-state index in [2.05, 4.69) is 10.2 Å². The molecule has 3 fully saturated rings. The third-order valence-corrected chi connectivity index (χ3v) is 8.17. The molecule has 0 aromatic heterocycles. The maximum Gasteiger partial charge on any atom is 0.419 e. The van der Waals surface area contributed by atoms with Crippen molar-refractivity contribution in [1.82, 2.24) is 15.1 Å². The summed E-state index contributed by atoms with van der Waals surface area (Å²) in [5, 5.41) is 2.83. The van der Waals surface area contributed by atoms with Crippen LogP contribution in [0.1, 0.15) is 55.2 Å². The second-order valence-electron chi connectivity index (χ2n) is 10.5. The van der Waals surface area contributed by atoms with E-state index in [0.717, 1.165) is 49.9 Å². The van der Waals surface area contributed by atoms with Gasteiger partial charge in [0.05, 0.1) is 7.11 Å². The first-order chi connectivity index (χ1) is 19.2. The van der Waals surface area contributed by atoms with Gasteiger partial charge in [-0.25, -0.2) is 27.7 Å². The van der Waals surface area contributed by atoms with Gasteiger partial charge >= 0.3 is 12.1 Å². The number of primary amides is 1. The van der Waals surface area contributed by atoms with Crippen molar-refractivity contribution >= 4 is 18.0 Å². The summed E-state index contributed by atoms with van der Waals surface area (Å²) in [6.07, 6.45) is 1.72. The molecule has 40 heavy (non-hydrogen) atoms. The number of amides is 4. The summed E-state index contributed by atoms with van der Waals surface area (Å²) in [4.78, 5) is 40.8. The fourth-order valence-electron chi connectivity index (χ4n) is 6.18. The average molecular weight is 561 g/mol. The number of rotatable bonds is 6. The van der Waals surface area contributed by atoms with E-state index < -0.39 is 41.8 Å². The molecule has 2 saturated heterocycles. The van der Waals surface area contributed by atoms with Crippen LogP contribution in [0.15, 0.2) is 36.4 Å². The minimum absolute atomic E-state index is 0.00583. The van der Waals surface area contributed by atoms with E-state index in [9.17, 15) is 27.6 Å². The van der Waals surface area contributed by atoms with E-state index in [-0.39, 0.29) is 23.3 Å². The van der Waals surface area contributed by atoms with Crippen LogP contribution in [0.3, 0.4) is 0 Å². The molecule has 1 aliphatic carbocycles. The fraction of sp³-hybridized carbons (Fsp3) is 0.464. The molecule has 4 amide bonds. The van der Waals surface area contributed by atoms with Crippen molar-refractivity contribution in [2.45, 2.75) is 62.3 Å². The molecule has 2 aliphatic heterocycles. The van der Waals surface area contributed by atoms with E-state index in [1.807, 2.05) is 0 Å². The monoisotopic (exact) mass is 560 g/mol. The molecule has 0 bridgehead atoms. The van der Waals surface area contributed by atoms with Crippen LogP contribution in [0.2, 0.25) is 0 Å². The van der Waals surface area contributed by atoms with Crippen LogP contribution in [0.4, 0.5) is 22.8 Å². The van der Waals surface area contributed by atoms with Gasteiger partial charge in [0.1, 0.15) is 17.6 Å². The highest BCUT2D eigenvalue weighted by atomic mass is 19.2. The standard InChI is InChI=1S/C28H31F3N4O5/c1-39-23-13-17(29)5-8-20(23)15-2-6-19(7-3-15)34-11-10-18(14-34)33-27(37)35-24(25(26(32)36)40-28(35)38)16-4-9-21(30)22(31)12-16/h4-5,8-9,12-13,15,18-19,24-25H,2-3,6-7,10-11,14H2,1H3,(H2,32,36)(H,33,37). The molecule has 3 aliphatic rings. The largest absolute Gasteiger partial charge is 0.496 e. The molecule has 5 rings (SSSR count). The minimum Gasteiger partial charge on any atom is -0.496 e. The van der Waals surface area contributed by atoms with Crippen molar-refractivity contribution in [3.63, 3.8) is 0 Å². The number of carbonyl (C=O) groups excluding carboxylic acids is 3. The number of nitrogens with two attached hydrogens (primary N) is 1. The van der Waals surface area contributed by atoms with Gasteiger partial charge in [-0.3, -0.25) is 9.69 Å². The van der Waals surface area contributed by atoms with E-state index in [1.165, 1.54) is 18.2 Å². The molecule has 1 saturated carbocycles. The average Bonchev–Trinajstić information content (AvgIpc) is 3.54. The van der Waals surface area contributed by atoms with Crippen molar-refractivity contribution in [1.29, 1.82) is 0 Å². The number of nitrogens with zero attached hydrogens (tertiary/aromatic N) is 2. The van der Waals surface area contributed by atoms with Gasteiger partial charge in [-0.05, 0) is 67.3 Å². The molecule has 12 heteroatoms. The van der Waals surface area contributed by atoms with Crippen LogP contribution in [-0.4, -0.2) is 66.2 Å². The molecule has 9 nitrogen and oxygen atoms in total. The van der Waals surface area contributed by atoms with E-state index >= 15 is 0 Å². The Kier molecular flexibility index (Phi) is 7.88. The summed E-state index contributed by atoms with van der Waals surface area (Å²) in [5.41, 5.74) is 6.40. The molecule has 0 radical (unpaired) electrons. The summed E-state index contributed by atoms with van der Waals surface area (Å²) in [5.74, 6) is -2.82. The Balaban J connectivity index is 1.21. The second kappa shape index (κ2) is 11.4. The number of imide groups is 1. The first-order valence-electron chi connectivity index (χ1n) is 13.3. The van der Waals surface area contributed by atoms with Crippen molar-refractivity contribution in [3.8, 4) is 5.75 Å². The molecule has 0 spiro atoms. The lowest BCUT2D eigenvalue weighted by Gasteiger charge is -2.35. The number of nitrogens with one attached hydrogen (secondary N) is 1. The van der Waals surface area contributed by atoms with Crippen molar-refractivity contribution in [2.75, 3.05) is 20.2 Å². The summed E-state index contributed by atoms with van der Waals surface area (Å²) in [7, 11) is 1.54. The molecular formula is C28H31F3N4O5. The van der Waals surface area contributed by atoms with Crippen LogP contribution in [0.5, 0.6) is 5.75 Å². The quantitative estimate of drug-likeness (QED) is 0.553. The van der Waals surface area contributed by atoms with Gasteiger partial charge in [0, 0.05) is 31.2 Å². The number of cyclic esters (lactones) is 1. The number of hydrogen-bond acceptors (Lipinski definition) is 6. The molecule has 214 valence electrons. The molecular weight excluding hydrogens is 529 g/mol. The number of likely N-dealkylation sites (tertiary alicyclic amines) is 1. The third-order valence-electron chi connectivity index (χ3n) is 8.17. The molecule has 3 unspecified atom stereocenters. The number of benzene rings is 2. The van der Waals surface area contributed by atoms with Crippen LogP contribution < -0.4 is 15.8 Å². The second-order valence-corrected chi connectivity index (χ2v) is 10.5. The van der Waals surface area contributed by atoms with Crippen LogP contribution in [-0.2, 0) is 9.53 Å². The Labute approximate surface area is 229 Å². The Hall–Kier alpha value is -3.80. The maximum absolute atomic E-state index is 13.9. The SMILES string of the molecule is COc1cc(F)ccc1C1CCC(N2CCC(NC(=O)N3C(=O)OC(C(N)=O)C3c3ccc(F)c(F)c3)C2)CC1. The Morgan fingerprint density at radius 2 is 1.77 bits per heavy atom. The van der Waals surface area contributed by atoms with Gasteiger partial charge in [0.15, 0.2) is 11.6 Å². The van der Waals surface area contributed by atoms with Gasteiger partial charge in [-0.15, -0.1) is 0 Å². The molecule has 2 aromatic carbocycles. The Morgan fingerprint density at radius 3 is 2.45 bits per heavy atom. The predicted octanol–water partition coefficient (Wildman–Crippen LogP) is 3.97. The smallest absolute Gasteiger partial charge is 0.419 e. The fourth-order valence-corrected chi connectivity index (χ4v) is 6.18. The topological polar surface area (TPSA) is 114 Å². The van der Waals surface area contributed by atoms with Gasteiger partial charge < -0.3 is 20.5 Å². The van der Waals surface area contributed by atoms with Gasteiger partial charge in [-0.1, -0.05) is 12.1 Å². The molecule has 3 N–H and O–H groups in total. The van der Waals surface area contributed by atoms with Crippen LogP contribution in [0.25, 0.3) is 0 Å². The predicted molar refractivity (Wildman–Crippen MR) is 137 cm³/mol. The van der Waals surface area contributed by atoms with E-state index in [0.29, 0.717) is 29.7 Å². The maximum atomic E-state index is 13.9. The molecule has 2 heterocycles. The van der Waals surface area contributed by atoms with E-state index in [1.54, 1.807) is 13.2 Å². The van der Waals surface area contributed by atoms with Gasteiger partial charge in [0.2, 0.25) is 6.10 Å². The normalized spacial score (nSPS) is 26.9. The van der Waals surface area contributed by atoms with Crippen LogP contribution >= 0.6 is 0 Å². The first-order valence-corrected chi connectivity index (χ1v) is 13.3. The highest BCUT2D eigenvalue weighted by Gasteiger charge is 2.50. The van der Waals surface area contributed by atoms with E-state index in [4.69, 9.17) is 15.2 Å². The number of ether oxygens (including phenoxy) is 2. The van der Waals surface area contributed by atoms with Crippen molar-refractivity contribution in [2.24, 2.45) is 5.73 Å². The van der Waals surface area contributed by atoms with Crippen molar-refractivity contribution < 1.29 is 37.0 Å². The summed E-state index contributed by atoms with van der Waals surface area (Å²) in [6.45, 7) is 1.32.